The molecule has 120 valence electrons. The second-order valence-corrected chi connectivity index (χ2v) is 5.22. The van der Waals surface area contributed by atoms with E-state index in [1.54, 1.807) is 7.11 Å². The summed E-state index contributed by atoms with van der Waals surface area (Å²) in [6.45, 7) is 5.42. The van der Waals surface area contributed by atoms with E-state index in [2.05, 4.69) is 12.2 Å². The van der Waals surface area contributed by atoms with Crippen molar-refractivity contribution in [2.75, 3.05) is 33.4 Å². The van der Waals surface area contributed by atoms with Crippen LogP contribution in [0.4, 0.5) is 0 Å². The lowest BCUT2D eigenvalue weighted by Crippen LogP contribution is -2.37. The smallest absolute Gasteiger partial charge is 0.161 e. The van der Waals surface area contributed by atoms with E-state index >= 15 is 0 Å². The van der Waals surface area contributed by atoms with Gasteiger partial charge >= 0.3 is 0 Å². The SMILES string of the molecule is COCCOc1ccccc1O[C@@H](C)[C@H]1CCCNC1.Cl. The molecule has 0 saturated carbocycles. The fraction of sp³-hybridized carbons (Fsp3) is 0.625. The van der Waals surface area contributed by atoms with Gasteiger partial charge in [-0.15, -0.1) is 12.4 Å². The quantitative estimate of drug-likeness (QED) is 0.785. The van der Waals surface area contributed by atoms with Gasteiger partial charge in [0.25, 0.3) is 0 Å². The van der Waals surface area contributed by atoms with Crippen LogP contribution in [-0.2, 0) is 4.74 Å². The Labute approximate surface area is 133 Å². The van der Waals surface area contributed by atoms with E-state index in [0.29, 0.717) is 19.1 Å². The van der Waals surface area contributed by atoms with E-state index < -0.39 is 0 Å². The number of nitrogens with one attached hydrogen (secondary N) is 1. The molecule has 21 heavy (non-hydrogen) atoms. The van der Waals surface area contributed by atoms with E-state index in [9.17, 15) is 0 Å². The third-order valence-corrected chi connectivity index (χ3v) is 3.71. The molecule has 0 unspecified atom stereocenters. The molecule has 2 atom stereocenters. The minimum atomic E-state index is 0. The maximum Gasteiger partial charge on any atom is 0.161 e. The monoisotopic (exact) mass is 315 g/mol. The molecule has 5 heteroatoms. The van der Waals surface area contributed by atoms with Crippen LogP contribution in [0.5, 0.6) is 11.5 Å². The van der Waals surface area contributed by atoms with Gasteiger partial charge in [-0.1, -0.05) is 12.1 Å². The molecule has 0 radical (unpaired) electrons. The molecule has 1 aromatic rings. The van der Waals surface area contributed by atoms with Crippen molar-refractivity contribution in [2.45, 2.75) is 25.9 Å². The summed E-state index contributed by atoms with van der Waals surface area (Å²) in [5.74, 6) is 2.18. The molecule has 1 aromatic carbocycles. The normalized spacial score (nSPS) is 19.4. The van der Waals surface area contributed by atoms with Gasteiger partial charge in [-0.05, 0) is 38.4 Å². The van der Waals surface area contributed by atoms with Crippen LogP contribution in [0.3, 0.4) is 0 Å². The molecule has 1 N–H and O–H groups in total. The molecule has 0 bridgehead atoms. The first-order chi connectivity index (χ1) is 9.81. The van der Waals surface area contributed by atoms with Gasteiger partial charge in [0.15, 0.2) is 11.5 Å². The van der Waals surface area contributed by atoms with Gasteiger partial charge in [0, 0.05) is 19.6 Å². The number of hydrogen-bond donors (Lipinski definition) is 1. The first kappa shape index (κ1) is 18.1. The highest BCUT2D eigenvalue weighted by Gasteiger charge is 2.22. The summed E-state index contributed by atoms with van der Waals surface area (Å²) in [4.78, 5) is 0. The Bertz CT molecular complexity index is 397. The number of rotatable bonds is 7. The fourth-order valence-corrected chi connectivity index (χ4v) is 2.48. The maximum absolute atomic E-state index is 6.11. The Balaban J connectivity index is 0.00000220. The highest BCUT2D eigenvalue weighted by molar-refractivity contribution is 5.85. The molecule has 1 fully saturated rings. The van der Waals surface area contributed by atoms with Crippen LogP contribution in [-0.4, -0.2) is 39.5 Å². The largest absolute Gasteiger partial charge is 0.487 e. The predicted octanol–water partition coefficient (Wildman–Crippen LogP) is 2.90. The Morgan fingerprint density at radius 3 is 2.67 bits per heavy atom. The number of methoxy groups -OCH3 is 1. The number of piperidine rings is 1. The Kier molecular flexibility index (Phi) is 8.50. The van der Waals surface area contributed by atoms with Gasteiger partial charge < -0.3 is 19.5 Å². The van der Waals surface area contributed by atoms with E-state index in [0.717, 1.165) is 24.6 Å². The lowest BCUT2D eigenvalue weighted by molar-refractivity contribution is 0.117. The maximum atomic E-state index is 6.11. The number of ether oxygens (including phenoxy) is 3. The van der Waals surface area contributed by atoms with Gasteiger partial charge in [0.2, 0.25) is 0 Å². The third-order valence-electron chi connectivity index (χ3n) is 3.71. The first-order valence-corrected chi connectivity index (χ1v) is 7.39. The van der Waals surface area contributed by atoms with Crippen molar-refractivity contribution >= 4 is 12.4 Å². The zero-order valence-electron chi connectivity index (χ0n) is 12.8. The third kappa shape index (κ3) is 5.73. The summed E-state index contributed by atoms with van der Waals surface area (Å²) in [6, 6.07) is 7.85. The minimum absolute atomic E-state index is 0. The highest BCUT2D eigenvalue weighted by Crippen LogP contribution is 2.29. The highest BCUT2D eigenvalue weighted by atomic mass is 35.5. The molecule has 0 amide bonds. The van der Waals surface area contributed by atoms with Crippen molar-refractivity contribution in [1.29, 1.82) is 0 Å². The van der Waals surface area contributed by atoms with Crippen molar-refractivity contribution in [1.82, 2.24) is 5.32 Å². The summed E-state index contributed by atoms with van der Waals surface area (Å²) in [5.41, 5.74) is 0. The van der Waals surface area contributed by atoms with Crippen LogP contribution in [0.1, 0.15) is 19.8 Å². The van der Waals surface area contributed by atoms with E-state index in [1.165, 1.54) is 12.8 Å². The van der Waals surface area contributed by atoms with Crippen LogP contribution >= 0.6 is 12.4 Å². The van der Waals surface area contributed by atoms with Crippen molar-refractivity contribution < 1.29 is 14.2 Å². The molecule has 1 aliphatic rings. The zero-order valence-corrected chi connectivity index (χ0v) is 13.7. The van der Waals surface area contributed by atoms with Gasteiger partial charge in [0.1, 0.15) is 12.7 Å². The second kappa shape index (κ2) is 9.87. The molecule has 0 aliphatic carbocycles. The molecule has 0 spiro atoms. The molecule has 1 saturated heterocycles. The van der Waals surface area contributed by atoms with Crippen LogP contribution in [0.2, 0.25) is 0 Å². The number of halogens is 1. The summed E-state index contributed by atoms with van der Waals surface area (Å²) >= 11 is 0. The summed E-state index contributed by atoms with van der Waals surface area (Å²) in [7, 11) is 1.67. The standard InChI is InChI=1S/C16H25NO3.ClH/c1-13(14-6-5-9-17-12-14)20-16-8-4-3-7-15(16)19-11-10-18-2;/h3-4,7-8,13-14,17H,5-6,9-12H2,1-2H3;1H/t13-,14-;/m0./s1. The summed E-state index contributed by atoms with van der Waals surface area (Å²) in [5, 5.41) is 3.43. The molecule has 2 rings (SSSR count). The molecule has 1 heterocycles. The van der Waals surface area contributed by atoms with Crippen LogP contribution in [0.15, 0.2) is 24.3 Å². The Morgan fingerprint density at radius 1 is 1.24 bits per heavy atom. The van der Waals surface area contributed by atoms with Crippen LogP contribution in [0.25, 0.3) is 0 Å². The molecular weight excluding hydrogens is 290 g/mol. The topological polar surface area (TPSA) is 39.7 Å². The Morgan fingerprint density at radius 2 is 2.00 bits per heavy atom. The van der Waals surface area contributed by atoms with Crippen LogP contribution in [0, 0.1) is 5.92 Å². The molecule has 1 aliphatic heterocycles. The lowest BCUT2D eigenvalue weighted by atomic mass is 9.94. The number of para-hydroxylation sites is 2. The van der Waals surface area contributed by atoms with Gasteiger partial charge in [-0.2, -0.15) is 0 Å². The Hall–Kier alpha value is -0.970. The predicted molar refractivity (Wildman–Crippen MR) is 86.7 cm³/mol. The zero-order chi connectivity index (χ0) is 14.2. The summed E-state index contributed by atoms with van der Waals surface area (Å²) in [6.07, 6.45) is 2.64. The minimum Gasteiger partial charge on any atom is -0.487 e. The van der Waals surface area contributed by atoms with Gasteiger partial charge in [-0.25, -0.2) is 0 Å². The number of hydrogen-bond acceptors (Lipinski definition) is 4. The second-order valence-electron chi connectivity index (χ2n) is 5.22. The lowest BCUT2D eigenvalue weighted by Gasteiger charge is -2.29. The van der Waals surface area contributed by atoms with Crippen molar-refractivity contribution in [2.24, 2.45) is 5.92 Å². The first-order valence-electron chi connectivity index (χ1n) is 7.39. The average molecular weight is 316 g/mol. The van der Waals surface area contributed by atoms with Crippen molar-refractivity contribution in [3.8, 4) is 11.5 Å². The molecule has 4 nitrogen and oxygen atoms in total. The number of benzene rings is 1. The van der Waals surface area contributed by atoms with E-state index in [-0.39, 0.29) is 18.5 Å². The van der Waals surface area contributed by atoms with Gasteiger partial charge in [-0.3, -0.25) is 0 Å². The van der Waals surface area contributed by atoms with E-state index in [1.807, 2.05) is 24.3 Å². The summed E-state index contributed by atoms with van der Waals surface area (Å²) < 4.78 is 16.8. The van der Waals surface area contributed by atoms with Crippen molar-refractivity contribution in [3.05, 3.63) is 24.3 Å². The fourth-order valence-electron chi connectivity index (χ4n) is 2.48. The van der Waals surface area contributed by atoms with E-state index in [4.69, 9.17) is 14.2 Å². The molecule has 0 aromatic heterocycles. The van der Waals surface area contributed by atoms with Crippen molar-refractivity contribution in [3.63, 3.8) is 0 Å². The average Bonchev–Trinajstić information content (AvgIpc) is 2.50. The van der Waals surface area contributed by atoms with Crippen LogP contribution < -0.4 is 14.8 Å². The molecular formula is C16H26ClNO3. The van der Waals surface area contributed by atoms with Gasteiger partial charge in [0.05, 0.1) is 6.61 Å².